The van der Waals surface area contributed by atoms with Gasteiger partial charge in [-0.15, -0.1) is 21.5 Å². The molecule has 82 heavy (non-hydrogen) atoms. The van der Waals surface area contributed by atoms with E-state index in [0.717, 1.165) is 97.8 Å². The Labute approximate surface area is 481 Å². The monoisotopic (exact) mass is 1140 g/mol. The zero-order valence-electron chi connectivity index (χ0n) is 46.7. The molecule has 6 atom stereocenters. The van der Waals surface area contributed by atoms with Crippen LogP contribution in [0.5, 0.6) is 17.5 Å². The molecule has 3 amide bonds. The van der Waals surface area contributed by atoms with Gasteiger partial charge in [0.2, 0.25) is 23.6 Å². The lowest BCUT2D eigenvalue weighted by Crippen LogP contribution is -2.54. The number of likely N-dealkylation sites (tertiary alicyclic amines) is 2. The van der Waals surface area contributed by atoms with Crippen molar-refractivity contribution in [3.05, 3.63) is 102 Å². The Morgan fingerprint density at radius 1 is 0.890 bits per heavy atom. The highest BCUT2D eigenvalue weighted by atomic mass is 32.1. The first-order valence-electron chi connectivity index (χ1n) is 28.8. The van der Waals surface area contributed by atoms with Crippen molar-refractivity contribution in [1.29, 1.82) is 0 Å². The third-order valence-electron chi connectivity index (χ3n) is 16.9. The van der Waals surface area contributed by atoms with E-state index in [9.17, 15) is 24.6 Å². The van der Waals surface area contributed by atoms with Gasteiger partial charge in [-0.2, -0.15) is 0 Å². The average Bonchev–Trinajstić information content (AvgIpc) is 4.41. The van der Waals surface area contributed by atoms with Crippen LogP contribution in [0.4, 0.5) is 17.2 Å². The van der Waals surface area contributed by atoms with Crippen LogP contribution >= 0.6 is 11.3 Å². The fourth-order valence-electron chi connectivity index (χ4n) is 12.6. The quantitative estimate of drug-likeness (QED) is 0.0468. The van der Waals surface area contributed by atoms with Crippen molar-refractivity contribution in [3.63, 3.8) is 0 Å². The minimum atomic E-state index is -0.926. The maximum absolute atomic E-state index is 14.4. The molecule has 434 valence electrons. The lowest BCUT2D eigenvalue weighted by atomic mass is 9.91. The molecule has 4 aliphatic heterocycles. The van der Waals surface area contributed by atoms with Crippen molar-refractivity contribution in [2.75, 3.05) is 61.4 Å². The second-order valence-corrected chi connectivity index (χ2v) is 23.8. The zero-order chi connectivity index (χ0) is 57.0. The first-order chi connectivity index (χ1) is 39.7. The molecule has 8 heterocycles. The molecule has 2 bridgehead atoms. The summed E-state index contributed by atoms with van der Waals surface area (Å²) in [6.45, 7) is 10.1. The molecule has 4 aromatic heterocycles. The SMILES string of the molecule is Cc1ncsc1-c1ccc([C@H](CCCC(N)=O)NC(=O)[C@@H]2C[C@@H](O)CN2C(=O)[C@@H](c2cc(OCCN3CCC(OC4CC(Oc5cc(N6C7CCC6CN(c6cc(-c8ccccc8O)nnc6N)C7)ccn5)C4)CC3)no2)C(C)C)cc1. The first-order valence-corrected chi connectivity index (χ1v) is 29.7. The van der Waals surface area contributed by atoms with Gasteiger partial charge in [0, 0.05) is 107 Å². The normalized spacial score (nSPS) is 22.7. The molecule has 1 saturated carbocycles. The van der Waals surface area contributed by atoms with E-state index >= 15 is 0 Å². The second kappa shape index (κ2) is 25.0. The fraction of sp³-hybridized carbons (Fsp3) is 0.500. The number of aliphatic hydroxyl groups excluding tert-OH is 1. The standard InChI is InChI=1S/C60H74N12O9S/c1-35(2)56(60(77)71-33-42(73)26-50(71)59(76)65-47(8-6-10-53(61)75)37-11-13-38(14-12-37)57-36(3)64-34-82-57)52-30-55(68-81-52)78-24-23-69-21-18-43(19-22-69)79-44-27-45(28-44)80-54-25-39(17-20-63-54)72-40-15-16-41(72)32-70(31-40)49-29-48(66-67-58(49)62)46-7-4-5-9-51(46)74/h4-5,7,9,11-14,17,20,25,29-30,34-35,40-45,47,50,56,73-74H,6,8,10,15-16,18-19,21-24,26-28,31-33H2,1-3H3,(H2,61,75)(H2,62,67)(H,65,76)/t40?,41?,42-,44?,45?,47+,50+,56-/m1/s1. The van der Waals surface area contributed by atoms with Crippen LogP contribution in [-0.4, -0.2) is 151 Å². The summed E-state index contributed by atoms with van der Waals surface area (Å²) in [5.41, 5.74) is 19.6. The number of rotatable bonds is 22. The highest BCUT2D eigenvalue weighted by Crippen LogP contribution is 2.41. The number of nitrogens with two attached hydrogens (primary N) is 2. The number of aromatic nitrogens is 5. The smallest absolute Gasteiger partial charge is 0.254 e. The number of nitrogen functional groups attached to an aromatic ring is 1. The zero-order valence-corrected chi connectivity index (χ0v) is 47.5. The van der Waals surface area contributed by atoms with Gasteiger partial charge in [-0.05, 0) is 91.9 Å². The molecule has 22 heteroatoms. The summed E-state index contributed by atoms with van der Waals surface area (Å²) in [6.07, 6.45) is 8.05. The molecule has 0 spiro atoms. The van der Waals surface area contributed by atoms with E-state index in [2.05, 4.69) is 57.5 Å². The molecule has 7 N–H and O–H groups in total. The van der Waals surface area contributed by atoms with E-state index < -0.39 is 35.9 Å². The number of primary amides is 1. The van der Waals surface area contributed by atoms with Crippen molar-refractivity contribution in [3.8, 4) is 39.2 Å². The van der Waals surface area contributed by atoms with Crippen LogP contribution in [0.1, 0.15) is 107 Å². The van der Waals surface area contributed by atoms with Crippen molar-refractivity contribution in [2.45, 2.75) is 139 Å². The van der Waals surface area contributed by atoms with Crippen LogP contribution in [0.25, 0.3) is 21.7 Å². The lowest BCUT2D eigenvalue weighted by Gasteiger charge is -2.43. The minimum absolute atomic E-state index is 0.00474. The predicted molar refractivity (Wildman–Crippen MR) is 309 cm³/mol. The Balaban J connectivity index is 0.613. The van der Waals surface area contributed by atoms with E-state index in [4.69, 9.17) is 30.2 Å². The number of aromatic hydroxyl groups is 1. The number of phenolic OH excluding ortho intramolecular Hbond substituents is 1. The number of carbonyl (C=O) groups excluding carboxylic acids is 3. The van der Waals surface area contributed by atoms with Gasteiger partial charge in [-0.3, -0.25) is 19.3 Å². The summed E-state index contributed by atoms with van der Waals surface area (Å²) < 4.78 is 24.8. The van der Waals surface area contributed by atoms with Crippen LogP contribution in [0.2, 0.25) is 0 Å². The number of hydrogen-bond acceptors (Lipinski definition) is 19. The number of hydrogen-bond donors (Lipinski definition) is 5. The molecule has 4 saturated heterocycles. The number of anilines is 3. The Kier molecular flexibility index (Phi) is 17.2. The van der Waals surface area contributed by atoms with Crippen molar-refractivity contribution in [1.82, 2.24) is 40.4 Å². The van der Waals surface area contributed by atoms with Gasteiger partial charge in [-0.1, -0.05) is 50.2 Å². The van der Waals surface area contributed by atoms with Crippen LogP contribution in [0.3, 0.4) is 0 Å². The van der Waals surface area contributed by atoms with Gasteiger partial charge in [0.1, 0.15) is 30.4 Å². The Morgan fingerprint density at radius 3 is 2.38 bits per heavy atom. The van der Waals surface area contributed by atoms with Gasteiger partial charge in [0.05, 0.1) is 51.8 Å². The topological polar surface area (TPSA) is 274 Å². The summed E-state index contributed by atoms with van der Waals surface area (Å²) in [7, 11) is 0. The molecular formula is C60H74N12O9S. The maximum Gasteiger partial charge on any atom is 0.254 e. The molecule has 11 rings (SSSR count). The number of phenols is 1. The van der Waals surface area contributed by atoms with Crippen molar-refractivity contribution >= 4 is 46.3 Å². The summed E-state index contributed by atoms with van der Waals surface area (Å²) in [4.78, 5) is 58.9. The number of amides is 3. The Morgan fingerprint density at radius 2 is 1.66 bits per heavy atom. The number of carbonyl (C=O) groups is 3. The molecule has 2 aromatic carbocycles. The maximum atomic E-state index is 14.4. The predicted octanol–water partition coefficient (Wildman–Crippen LogP) is 6.79. The number of fused-ring (bicyclic) bond motifs is 2. The number of ether oxygens (including phenoxy) is 3. The molecule has 2 unspecified atom stereocenters. The number of para-hydroxylation sites is 1. The van der Waals surface area contributed by atoms with Gasteiger partial charge in [0.25, 0.3) is 5.88 Å². The van der Waals surface area contributed by atoms with Crippen LogP contribution < -0.4 is 36.1 Å². The lowest BCUT2D eigenvalue weighted by molar-refractivity contribution is -0.141. The highest BCUT2D eigenvalue weighted by Gasteiger charge is 2.45. The molecule has 5 aliphatic rings. The summed E-state index contributed by atoms with van der Waals surface area (Å²) in [5, 5.41) is 37.2. The molecule has 5 fully saturated rings. The minimum Gasteiger partial charge on any atom is -0.507 e. The largest absolute Gasteiger partial charge is 0.507 e. The van der Waals surface area contributed by atoms with E-state index in [-0.39, 0.29) is 73.2 Å². The number of β-amino-alcohol motifs (C(OH)–C–C–N with tert-alkyl or cyclic N) is 1. The molecule has 1 aliphatic carbocycles. The highest BCUT2D eigenvalue weighted by molar-refractivity contribution is 7.13. The second-order valence-electron chi connectivity index (χ2n) is 22.9. The number of thiazole rings is 1. The van der Waals surface area contributed by atoms with Gasteiger partial charge in [-0.25, -0.2) is 9.97 Å². The molecule has 6 aromatic rings. The van der Waals surface area contributed by atoms with Gasteiger partial charge in [0.15, 0.2) is 11.6 Å². The van der Waals surface area contributed by atoms with E-state index in [1.54, 1.807) is 29.5 Å². The Bertz CT molecular complexity index is 3170. The number of aryl methyl sites for hydroxylation is 1. The number of aliphatic hydroxyl groups is 1. The number of benzene rings is 2. The third kappa shape index (κ3) is 12.8. The van der Waals surface area contributed by atoms with Gasteiger partial charge < -0.3 is 60.4 Å². The third-order valence-corrected chi connectivity index (χ3v) is 17.9. The van der Waals surface area contributed by atoms with Crippen molar-refractivity contribution < 1.29 is 43.3 Å². The summed E-state index contributed by atoms with van der Waals surface area (Å²) >= 11 is 1.56. The number of nitrogens with zero attached hydrogens (tertiary/aromatic N) is 9. The summed E-state index contributed by atoms with van der Waals surface area (Å²) in [5.74, 6) is -0.396. The number of pyridine rings is 1. The first kappa shape index (κ1) is 56.5. The average molecular weight is 1140 g/mol. The molecule has 21 nitrogen and oxygen atoms in total. The fourth-order valence-corrected chi connectivity index (χ4v) is 13.4. The van der Waals surface area contributed by atoms with Gasteiger partial charge >= 0.3 is 0 Å². The van der Waals surface area contributed by atoms with Crippen LogP contribution in [0, 0.1) is 12.8 Å². The Hall–Kier alpha value is -7.40. The van der Waals surface area contributed by atoms with E-state index in [0.29, 0.717) is 54.7 Å². The number of piperidine rings is 1. The van der Waals surface area contributed by atoms with Crippen molar-refractivity contribution in [2.24, 2.45) is 11.7 Å². The molecule has 0 radical (unpaired) electrons. The number of nitrogens with one attached hydrogen (secondary N) is 1. The summed E-state index contributed by atoms with van der Waals surface area (Å²) in [6, 6.07) is 21.9. The van der Waals surface area contributed by atoms with E-state index in [1.165, 1.54) is 4.90 Å². The van der Waals surface area contributed by atoms with Crippen LogP contribution in [0.15, 0.2) is 89.0 Å². The number of piperazine rings is 1. The van der Waals surface area contributed by atoms with Crippen LogP contribution in [-0.2, 0) is 19.1 Å². The molecular weight excluding hydrogens is 1060 g/mol. The van der Waals surface area contributed by atoms with E-state index in [1.807, 2.05) is 74.9 Å².